The largest absolute Gasteiger partial charge is 0.480 e. The number of hydrogen-bond donors (Lipinski definition) is 2. The Kier molecular flexibility index (Phi) is 3.98. The molecule has 10 heteroatoms. The van der Waals surface area contributed by atoms with Gasteiger partial charge in [-0.2, -0.15) is 0 Å². The van der Waals surface area contributed by atoms with Crippen LogP contribution in [0.5, 0.6) is 0 Å². The monoisotopic (exact) mass is 313 g/mol. The van der Waals surface area contributed by atoms with Gasteiger partial charge < -0.3 is 15.0 Å². The molecule has 1 fully saturated rings. The Labute approximate surface area is 122 Å². The summed E-state index contributed by atoms with van der Waals surface area (Å²) < 4.78 is 0. The van der Waals surface area contributed by atoms with E-state index < -0.39 is 45.0 Å². The van der Waals surface area contributed by atoms with E-state index in [1.807, 2.05) is 0 Å². The molecule has 2 N–H and O–H groups in total. The molecule has 1 aliphatic heterocycles. The van der Waals surface area contributed by atoms with E-state index in [1.54, 1.807) is 6.92 Å². The normalized spacial score (nSPS) is 21.3. The van der Waals surface area contributed by atoms with Crippen LogP contribution < -0.4 is 5.56 Å². The first-order chi connectivity index (χ1) is 9.82. The number of aromatic nitrogens is 1. The second kappa shape index (κ2) is 5.56. The van der Waals surface area contributed by atoms with E-state index in [9.17, 15) is 24.5 Å². The SMILES string of the molecule is CC1SCC(C(=O)O)N1C(=O)c1cc([N+](=O)[O-])c[nH]c1=O. The highest BCUT2D eigenvalue weighted by Crippen LogP contribution is 2.30. The Morgan fingerprint density at radius 2 is 2.24 bits per heavy atom. The number of thioether (sulfide) groups is 1. The van der Waals surface area contributed by atoms with Crippen molar-refractivity contribution in [3.05, 3.63) is 38.3 Å². The van der Waals surface area contributed by atoms with E-state index in [-0.39, 0.29) is 5.75 Å². The number of rotatable bonds is 3. The number of carbonyl (C=O) groups excluding carboxylic acids is 1. The summed E-state index contributed by atoms with van der Waals surface area (Å²) in [7, 11) is 0. The summed E-state index contributed by atoms with van der Waals surface area (Å²) in [6.07, 6.45) is 0.885. The molecule has 0 aliphatic carbocycles. The van der Waals surface area contributed by atoms with Crippen LogP contribution >= 0.6 is 11.8 Å². The van der Waals surface area contributed by atoms with Crippen LogP contribution in [0.4, 0.5) is 5.69 Å². The molecule has 112 valence electrons. The molecule has 2 atom stereocenters. The molecule has 0 aromatic carbocycles. The number of nitrogens with one attached hydrogen (secondary N) is 1. The number of carboxylic acid groups (broad SMARTS) is 1. The van der Waals surface area contributed by atoms with Gasteiger partial charge in [0, 0.05) is 11.8 Å². The van der Waals surface area contributed by atoms with Crippen LogP contribution in [-0.4, -0.2) is 49.0 Å². The van der Waals surface area contributed by atoms with Crippen LogP contribution in [0.2, 0.25) is 0 Å². The molecule has 21 heavy (non-hydrogen) atoms. The number of aliphatic carboxylic acids is 1. The number of nitrogens with zero attached hydrogens (tertiary/aromatic N) is 2. The third-order valence-corrected chi connectivity index (χ3v) is 4.29. The van der Waals surface area contributed by atoms with E-state index in [2.05, 4.69) is 4.98 Å². The fourth-order valence-corrected chi connectivity index (χ4v) is 3.18. The third-order valence-electron chi connectivity index (χ3n) is 3.07. The van der Waals surface area contributed by atoms with Crippen molar-refractivity contribution >= 4 is 29.3 Å². The van der Waals surface area contributed by atoms with E-state index in [0.29, 0.717) is 0 Å². The number of carbonyl (C=O) groups is 2. The van der Waals surface area contributed by atoms with Crippen LogP contribution in [-0.2, 0) is 4.79 Å². The van der Waals surface area contributed by atoms with Gasteiger partial charge in [-0.3, -0.25) is 19.7 Å². The molecule has 2 rings (SSSR count). The Morgan fingerprint density at radius 3 is 2.81 bits per heavy atom. The van der Waals surface area contributed by atoms with Crippen LogP contribution in [0.1, 0.15) is 17.3 Å². The van der Waals surface area contributed by atoms with Crippen molar-refractivity contribution in [3.8, 4) is 0 Å². The topological polar surface area (TPSA) is 134 Å². The molecular formula is C11H11N3O6S. The van der Waals surface area contributed by atoms with Gasteiger partial charge in [-0.05, 0) is 6.92 Å². The summed E-state index contributed by atoms with van der Waals surface area (Å²) in [5.74, 6) is -1.80. The lowest BCUT2D eigenvalue weighted by atomic mass is 10.2. The maximum absolute atomic E-state index is 12.4. The standard InChI is InChI=1S/C11H11N3O6S/c1-5-13(8(4-21-5)11(17)18)10(16)7-2-6(14(19)20)3-12-9(7)15/h2-3,5,8H,4H2,1H3,(H,12,15)(H,17,18). The highest BCUT2D eigenvalue weighted by Gasteiger charge is 2.40. The van der Waals surface area contributed by atoms with Crippen molar-refractivity contribution in [1.29, 1.82) is 0 Å². The first kappa shape index (κ1) is 15.0. The quantitative estimate of drug-likeness (QED) is 0.604. The van der Waals surface area contributed by atoms with Crippen molar-refractivity contribution in [2.75, 3.05) is 5.75 Å². The minimum absolute atomic E-state index is 0.203. The Hall–Kier alpha value is -2.36. The van der Waals surface area contributed by atoms with Crippen LogP contribution in [0.25, 0.3) is 0 Å². The van der Waals surface area contributed by atoms with Gasteiger partial charge in [0.25, 0.3) is 17.2 Å². The summed E-state index contributed by atoms with van der Waals surface area (Å²) in [5.41, 5.74) is -1.67. The number of pyridine rings is 1. The van der Waals surface area contributed by atoms with Crippen molar-refractivity contribution in [3.63, 3.8) is 0 Å². The number of carboxylic acids is 1. The minimum Gasteiger partial charge on any atom is -0.480 e. The lowest BCUT2D eigenvalue weighted by Crippen LogP contribution is -2.46. The summed E-state index contributed by atoms with van der Waals surface area (Å²) >= 11 is 1.26. The average Bonchev–Trinajstić information content (AvgIpc) is 2.80. The predicted molar refractivity (Wildman–Crippen MR) is 73.2 cm³/mol. The maximum Gasteiger partial charge on any atom is 0.327 e. The van der Waals surface area contributed by atoms with Gasteiger partial charge in [-0.25, -0.2) is 4.79 Å². The summed E-state index contributed by atoms with van der Waals surface area (Å²) in [4.78, 5) is 48.4. The van der Waals surface area contributed by atoms with Gasteiger partial charge in [-0.1, -0.05) is 0 Å². The fraction of sp³-hybridized carbons (Fsp3) is 0.364. The molecule has 1 saturated heterocycles. The molecule has 0 radical (unpaired) electrons. The van der Waals surface area contributed by atoms with Crippen LogP contribution in [0.15, 0.2) is 17.1 Å². The first-order valence-electron chi connectivity index (χ1n) is 5.87. The number of nitro groups is 1. The fourth-order valence-electron chi connectivity index (χ4n) is 2.02. The van der Waals surface area contributed by atoms with E-state index in [1.165, 1.54) is 11.8 Å². The van der Waals surface area contributed by atoms with E-state index in [4.69, 9.17) is 5.11 Å². The van der Waals surface area contributed by atoms with Crippen molar-refractivity contribution in [2.45, 2.75) is 18.3 Å². The number of H-pyrrole nitrogens is 1. The Morgan fingerprint density at radius 1 is 1.57 bits per heavy atom. The van der Waals surface area contributed by atoms with Gasteiger partial charge in [0.1, 0.15) is 11.6 Å². The summed E-state index contributed by atoms with van der Waals surface area (Å²) in [6, 6.07) is -0.202. The molecular weight excluding hydrogens is 302 g/mol. The summed E-state index contributed by atoms with van der Waals surface area (Å²) in [6.45, 7) is 1.64. The highest BCUT2D eigenvalue weighted by atomic mass is 32.2. The minimum atomic E-state index is -1.18. The molecule has 0 spiro atoms. The molecule has 1 amide bonds. The van der Waals surface area contributed by atoms with Crippen molar-refractivity contribution in [1.82, 2.24) is 9.88 Å². The predicted octanol–water partition coefficient (Wildman–Crippen LogP) is 0.271. The zero-order valence-corrected chi connectivity index (χ0v) is 11.6. The molecule has 1 aromatic rings. The lowest BCUT2D eigenvalue weighted by Gasteiger charge is -2.24. The molecule has 2 unspecified atom stereocenters. The molecule has 0 bridgehead atoms. The second-order valence-corrected chi connectivity index (χ2v) is 5.71. The van der Waals surface area contributed by atoms with Gasteiger partial charge in [0.2, 0.25) is 0 Å². The van der Waals surface area contributed by atoms with Crippen LogP contribution in [0, 0.1) is 10.1 Å². The first-order valence-corrected chi connectivity index (χ1v) is 6.92. The van der Waals surface area contributed by atoms with Gasteiger partial charge >= 0.3 is 5.97 Å². The Balaban J connectivity index is 2.43. The lowest BCUT2D eigenvalue weighted by molar-refractivity contribution is -0.385. The van der Waals surface area contributed by atoms with Gasteiger partial charge in [-0.15, -0.1) is 11.8 Å². The van der Waals surface area contributed by atoms with Crippen molar-refractivity contribution < 1.29 is 19.6 Å². The van der Waals surface area contributed by atoms with Crippen LogP contribution in [0.3, 0.4) is 0 Å². The van der Waals surface area contributed by atoms with E-state index >= 15 is 0 Å². The Bertz CT molecular complexity index is 672. The summed E-state index contributed by atoms with van der Waals surface area (Å²) in [5, 5.41) is 19.4. The highest BCUT2D eigenvalue weighted by molar-refractivity contribution is 8.00. The van der Waals surface area contributed by atoms with Crippen molar-refractivity contribution in [2.24, 2.45) is 0 Å². The molecule has 2 heterocycles. The third kappa shape index (κ3) is 2.75. The second-order valence-electron chi connectivity index (χ2n) is 4.36. The zero-order valence-electron chi connectivity index (χ0n) is 10.8. The zero-order chi connectivity index (χ0) is 15.7. The average molecular weight is 313 g/mol. The molecule has 9 nitrogen and oxygen atoms in total. The van der Waals surface area contributed by atoms with Gasteiger partial charge in [0.15, 0.2) is 0 Å². The molecule has 1 aromatic heterocycles. The number of aromatic amines is 1. The smallest absolute Gasteiger partial charge is 0.327 e. The van der Waals surface area contributed by atoms with E-state index in [0.717, 1.165) is 17.2 Å². The number of hydrogen-bond acceptors (Lipinski definition) is 6. The molecule has 0 saturated carbocycles. The van der Waals surface area contributed by atoms with Gasteiger partial charge in [0.05, 0.1) is 16.5 Å². The molecule has 1 aliphatic rings. The number of amides is 1. The maximum atomic E-state index is 12.4.